The fraction of sp³-hybridized carbons (Fsp3) is 0.722. The highest BCUT2D eigenvalue weighted by atomic mass is 32.1. The van der Waals surface area contributed by atoms with Crippen LogP contribution >= 0.6 is 11.3 Å². The molecule has 0 saturated carbocycles. The fourth-order valence-electron chi connectivity index (χ4n) is 3.30. The van der Waals surface area contributed by atoms with E-state index in [0.717, 1.165) is 38.2 Å². The SMILES string of the molecule is Cc1ncsc1CN1C[C@@H](OCC(=O)N(C)C)[C@H]2OCCC[C@H]21.O=C(O)C(F)(F)F. The summed E-state index contributed by atoms with van der Waals surface area (Å²) in [5, 5.41) is 7.12. The number of carboxylic acid groups (broad SMARTS) is 1. The molecule has 2 aliphatic heterocycles. The molecule has 1 aromatic rings. The molecule has 0 bridgehead atoms. The summed E-state index contributed by atoms with van der Waals surface area (Å²) in [7, 11) is 3.50. The highest BCUT2D eigenvalue weighted by Gasteiger charge is 2.45. The third-order valence-electron chi connectivity index (χ3n) is 4.94. The van der Waals surface area contributed by atoms with Crippen LogP contribution in [0.25, 0.3) is 0 Å². The first-order valence-corrected chi connectivity index (χ1v) is 10.2. The number of amides is 1. The molecule has 0 spiro atoms. The van der Waals surface area contributed by atoms with Crippen LogP contribution in [0.3, 0.4) is 0 Å². The van der Waals surface area contributed by atoms with E-state index >= 15 is 0 Å². The van der Waals surface area contributed by atoms with Gasteiger partial charge in [-0.15, -0.1) is 11.3 Å². The molecule has 1 amide bonds. The number of hydrogen-bond acceptors (Lipinski definition) is 7. The van der Waals surface area contributed by atoms with Gasteiger partial charge in [-0.3, -0.25) is 9.69 Å². The number of aromatic nitrogens is 1. The predicted molar refractivity (Wildman–Crippen MR) is 102 cm³/mol. The van der Waals surface area contributed by atoms with Gasteiger partial charge < -0.3 is 19.5 Å². The van der Waals surface area contributed by atoms with Crippen molar-refractivity contribution in [1.82, 2.24) is 14.8 Å². The van der Waals surface area contributed by atoms with Crippen LogP contribution in [0.4, 0.5) is 13.2 Å². The van der Waals surface area contributed by atoms with Gasteiger partial charge >= 0.3 is 12.1 Å². The molecular weight excluding hydrogens is 427 g/mol. The summed E-state index contributed by atoms with van der Waals surface area (Å²) in [4.78, 5) is 30.3. The van der Waals surface area contributed by atoms with Gasteiger partial charge in [0.2, 0.25) is 5.91 Å². The van der Waals surface area contributed by atoms with E-state index in [-0.39, 0.29) is 24.7 Å². The Kier molecular flexibility index (Phi) is 8.59. The van der Waals surface area contributed by atoms with Gasteiger partial charge in [0.1, 0.15) is 12.7 Å². The molecule has 170 valence electrons. The van der Waals surface area contributed by atoms with Crippen LogP contribution in [-0.2, 0) is 25.6 Å². The third-order valence-corrected chi connectivity index (χ3v) is 5.86. The van der Waals surface area contributed by atoms with Gasteiger partial charge in [-0.1, -0.05) is 0 Å². The fourth-order valence-corrected chi connectivity index (χ4v) is 4.10. The van der Waals surface area contributed by atoms with E-state index < -0.39 is 12.1 Å². The van der Waals surface area contributed by atoms with Crippen molar-refractivity contribution in [2.45, 2.75) is 50.7 Å². The van der Waals surface area contributed by atoms with Crippen LogP contribution in [0, 0.1) is 6.92 Å². The lowest BCUT2D eigenvalue weighted by Crippen LogP contribution is -2.42. The van der Waals surface area contributed by atoms with E-state index in [9.17, 15) is 18.0 Å². The van der Waals surface area contributed by atoms with Gasteiger partial charge in [0.05, 0.1) is 17.3 Å². The Balaban J connectivity index is 0.000000396. The highest BCUT2D eigenvalue weighted by molar-refractivity contribution is 7.09. The number of ether oxygens (including phenoxy) is 2. The van der Waals surface area contributed by atoms with Crippen molar-refractivity contribution in [3.8, 4) is 0 Å². The standard InChI is InChI=1S/C16H25N3O3S.C2HF3O2/c1-11-14(23-10-17-11)8-19-7-13(22-9-15(20)18(2)3)16-12(19)5-4-6-21-16;3-2(4,5)1(6)7/h10,12-13,16H,4-9H2,1-3H3;(H,6,7)/t12-,13-,16+;/m1./s1. The van der Waals surface area contributed by atoms with Crippen molar-refractivity contribution in [3.05, 3.63) is 16.1 Å². The summed E-state index contributed by atoms with van der Waals surface area (Å²) >= 11 is 1.70. The monoisotopic (exact) mass is 453 g/mol. The highest BCUT2D eigenvalue weighted by Crippen LogP contribution is 2.32. The van der Waals surface area contributed by atoms with Gasteiger partial charge in [0.25, 0.3) is 0 Å². The maximum absolute atomic E-state index is 11.8. The summed E-state index contributed by atoms with van der Waals surface area (Å²) < 4.78 is 43.6. The van der Waals surface area contributed by atoms with E-state index in [1.165, 1.54) is 4.88 Å². The van der Waals surface area contributed by atoms with Crippen molar-refractivity contribution < 1.29 is 37.3 Å². The van der Waals surface area contributed by atoms with Crippen molar-refractivity contribution in [2.24, 2.45) is 0 Å². The molecule has 1 N–H and O–H groups in total. The molecular formula is C18H26F3N3O5S. The number of hydrogen-bond donors (Lipinski definition) is 1. The number of likely N-dealkylation sites (tertiary alicyclic amines) is 1. The van der Waals surface area contributed by atoms with E-state index in [1.54, 1.807) is 30.3 Å². The van der Waals surface area contributed by atoms with Crippen molar-refractivity contribution in [1.29, 1.82) is 0 Å². The zero-order valence-electron chi connectivity index (χ0n) is 17.0. The molecule has 2 fully saturated rings. The number of fused-ring (bicyclic) bond motifs is 1. The Bertz CT molecular complexity index is 728. The van der Waals surface area contributed by atoms with E-state index in [4.69, 9.17) is 19.4 Å². The molecule has 3 atom stereocenters. The van der Waals surface area contributed by atoms with Gasteiger partial charge in [-0.25, -0.2) is 9.78 Å². The first kappa shape index (κ1) is 24.5. The van der Waals surface area contributed by atoms with Crippen molar-refractivity contribution in [2.75, 3.05) is 33.9 Å². The van der Waals surface area contributed by atoms with Gasteiger partial charge in [0, 0.05) is 44.7 Å². The van der Waals surface area contributed by atoms with Crippen LogP contribution in [0.1, 0.15) is 23.4 Å². The molecule has 1 aromatic heterocycles. The summed E-state index contributed by atoms with van der Waals surface area (Å²) in [5.41, 5.74) is 3.01. The number of carbonyl (C=O) groups excluding carboxylic acids is 1. The smallest absolute Gasteiger partial charge is 0.475 e. The number of nitrogens with zero attached hydrogens (tertiary/aromatic N) is 3. The first-order valence-electron chi connectivity index (χ1n) is 9.37. The number of likely N-dealkylation sites (N-methyl/N-ethyl adjacent to an activating group) is 1. The second-order valence-corrected chi connectivity index (χ2v) is 8.22. The molecule has 8 nitrogen and oxygen atoms in total. The average Bonchev–Trinajstić information content (AvgIpc) is 3.23. The number of alkyl halides is 3. The normalized spacial score (nSPS) is 24.0. The Morgan fingerprint density at radius 3 is 2.63 bits per heavy atom. The summed E-state index contributed by atoms with van der Waals surface area (Å²) in [6.45, 7) is 4.67. The van der Waals surface area contributed by atoms with Crippen LogP contribution in [0.15, 0.2) is 5.51 Å². The lowest BCUT2D eigenvalue weighted by atomic mass is 10.0. The molecule has 0 unspecified atom stereocenters. The Morgan fingerprint density at radius 2 is 2.10 bits per heavy atom. The molecule has 2 aliphatic rings. The Labute approximate surface area is 176 Å². The number of aliphatic carboxylic acids is 1. The molecule has 12 heteroatoms. The van der Waals surface area contributed by atoms with Gasteiger partial charge in [-0.2, -0.15) is 13.2 Å². The second-order valence-electron chi connectivity index (χ2n) is 7.28. The molecule has 3 rings (SSSR count). The molecule has 0 aromatic carbocycles. The quantitative estimate of drug-likeness (QED) is 0.728. The van der Waals surface area contributed by atoms with Crippen LogP contribution in [0.2, 0.25) is 0 Å². The number of thiazole rings is 1. The van der Waals surface area contributed by atoms with Gasteiger partial charge in [-0.05, 0) is 19.8 Å². The molecule has 30 heavy (non-hydrogen) atoms. The number of carboxylic acids is 1. The lowest BCUT2D eigenvalue weighted by molar-refractivity contribution is -0.192. The topological polar surface area (TPSA) is 92.2 Å². The minimum Gasteiger partial charge on any atom is -0.475 e. The maximum Gasteiger partial charge on any atom is 0.490 e. The van der Waals surface area contributed by atoms with Crippen LogP contribution in [-0.4, -0.2) is 90.0 Å². The number of aryl methyl sites for hydroxylation is 1. The molecule has 2 saturated heterocycles. The average molecular weight is 453 g/mol. The largest absolute Gasteiger partial charge is 0.490 e. The van der Waals surface area contributed by atoms with Crippen LogP contribution < -0.4 is 0 Å². The molecule has 0 aliphatic carbocycles. The van der Waals surface area contributed by atoms with E-state index in [1.807, 2.05) is 5.51 Å². The summed E-state index contributed by atoms with van der Waals surface area (Å²) in [5.74, 6) is -2.76. The maximum atomic E-state index is 11.8. The number of rotatable bonds is 5. The zero-order chi connectivity index (χ0) is 22.5. The predicted octanol–water partition coefficient (Wildman–Crippen LogP) is 1.92. The van der Waals surface area contributed by atoms with Gasteiger partial charge in [0.15, 0.2) is 0 Å². The molecule has 3 heterocycles. The minimum absolute atomic E-state index is 0.00545. The lowest BCUT2D eigenvalue weighted by Gasteiger charge is -2.32. The van der Waals surface area contributed by atoms with Crippen molar-refractivity contribution >= 4 is 23.2 Å². The molecule has 0 radical (unpaired) electrons. The Morgan fingerprint density at radius 1 is 1.43 bits per heavy atom. The third kappa shape index (κ3) is 6.62. The Hall–Kier alpha value is -1.76. The number of halogens is 3. The van der Waals surface area contributed by atoms with E-state index in [2.05, 4.69) is 16.8 Å². The van der Waals surface area contributed by atoms with Crippen LogP contribution in [0.5, 0.6) is 0 Å². The van der Waals surface area contributed by atoms with E-state index in [0.29, 0.717) is 6.04 Å². The second kappa shape index (κ2) is 10.5. The first-order chi connectivity index (χ1) is 14.0. The van der Waals surface area contributed by atoms with Crippen molar-refractivity contribution in [3.63, 3.8) is 0 Å². The summed E-state index contributed by atoms with van der Waals surface area (Å²) in [6, 6.07) is 0.379. The number of carbonyl (C=O) groups is 2. The minimum atomic E-state index is -5.08. The summed E-state index contributed by atoms with van der Waals surface area (Å²) in [6.07, 6.45) is -2.82. The zero-order valence-corrected chi connectivity index (χ0v) is 17.8.